The van der Waals surface area contributed by atoms with E-state index >= 15 is 0 Å². The number of thiazole rings is 1. The van der Waals surface area contributed by atoms with Crippen molar-refractivity contribution in [3.8, 4) is 11.6 Å². The van der Waals surface area contributed by atoms with Gasteiger partial charge < -0.3 is 10.1 Å². The number of aromatic nitrogens is 3. The van der Waals surface area contributed by atoms with Crippen molar-refractivity contribution in [3.63, 3.8) is 0 Å². The maximum atomic E-state index is 5.93. The van der Waals surface area contributed by atoms with Crippen LogP contribution in [0.25, 0.3) is 4.96 Å². The second-order valence-corrected chi connectivity index (χ2v) is 6.18. The number of hydrogen-bond donors (Lipinski definition) is 1. The molecule has 108 valence electrons. The summed E-state index contributed by atoms with van der Waals surface area (Å²) in [5, 5.41) is 5.57. The quantitative estimate of drug-likeness (QED) is 0.786. The van der Waals surface area contributed by atoms with Crippen LogP contribution in [-0.4, -0.2) is 20.4 Å². The van der Waals surface area contributed by atoms with Gasteiger partial charge in [-0.2, -0.15) is 4.98 Å². The molecule has 0 spiro atoms. The Kier molecular flexibility index (Phi) is 3.12. The van der Waals surface area contributed by atoms with Crippen molar-refractivity contribution in [2.45, 2.75) is 32.4 Å². The van der Waals surface area contributed by atoms with Crippen molar-refractivity contribution < 1.29 is 4.74 Å². The first-order valence-corrected chi connectivity index (χ1v) is 7.96. The zero-order chi connectivity index (χ0) is 14.2. The van der Waals surface area contributed by atoms with Crippen LogP contribution in [0.5, 0.6) is 11.6 Å². The zero-order valence-corrected chi connectivity index (χ0v) is 12.6. The molecule has 4 rings (SSSR count). The van der Waals surface area contributed by atoms with Gasteiger partial charge in [0, 0.05) is 29.9 Å². The van der Waals surface area contributed by atoms with Crippen LogP contribution in [0.3, 0.4) is 0 Å². The third-order valence-corrected chi connectivity index (χ3v) is 4.32. The predicted molar refractivity (Wildman–Crippen MR) is 82.0 cm³/mol. The Morgan fingerprint density at radius 2 is 2.33 bits per heavy atom. The van der Waals surface area contributed by atoms with E-state index in [4.69, 9.17) is 4.74 Å². The first-order valence-electron chi connectivity index (χ1n) is 7.08. The standard InChI is InChI=1S/C15H16N4OS/c1-10-2-5-12(8-16-10)20-14-13(9-17-11-3-4-11)19-6-7-21-15(19)18-14/h2,5-8,11,17H,3-4,9H2,1H3. The first kappa shape index (κ1) is 12.8. The van der Waals surface area contributed by atoms with Crippen molar-refractivity contribution in [2.75, 3.05) is 0 Å². The van der Waals surface area contributed by atoms with Crippen LogP contribution in [0, 0.1) is 6.92 Å². The number of pyridine rings is 1. The zero-order valence-electron chi connectivity index (χ0n) is 11.7. The van der Waals surface area contributed by atoms with Crippen LogP contribution < -0.4 is 10.1 Å². The highest BCUT2D eigenvalue weighted by molar-refractivity contribution is 7.15. The molecule has 1 aliphatic carbocycles. The van der Waals surface area contributed by atoms with E-state index in [0.29, 0.717) is 11.9 Å². The average molecular weight is 300 g/mol. The number of nitrogens with one attached hydrogen (secondary N) is 1. The Balaban J connectivity index is 1.64. The molecule has 1 aliphatic rings. The summed E-state index contributed by atoms with van der Waals surface area (Å²) < 4.78 is 8.03. The molecule has 0 bridgehead atoms. The van der Waals surface area contributed by atoms with Crippen molar-refractivity contribution in [3.05, 3.63) is 41.3 Å². The predicted octanol–water partition coefficient (Wildman–Crippen LogP) is 3.14. The number of nitrogens with zero attached hydrogens (tertiary/aromatic N) is 3. The maximum absolute atomic E-state index is 5.93. The summed E-state index contributed by atoms with van der Waals surface area (Å²) in [6, 6.07) is 4.52. The Morgan fingerprint density at radius 3 is 3.10 bits per heavy atom. The topological polar surface area (TPSA) is 51.5 Å². The lowest BCUT2D eigenvalue weighted by molar-refractivity contribution is 0.453. The van der Waals surface area contributed by atoms with Gasteiger partial charge in [0.25, 0.3) is 0 Å². The molecule has 0 atom stereocenters. The SMILES string of the molecule is Cc1ccc(Oc2nc3sccn3c2CNC2CC2)cn1. The summed E-state index contributed by atoms with van der Waals surface area (Å²) >= 11 is 1.61. The fraction of sp³-hybridized carbons (Fsp3) is 0.333. The molecule has 0 amide bonds. The minimum atomic E-state index is 0.656. The van der Waals surface area contributed by atoms with E-state index in [1.54, 1.807) is 17.5 Å². The Morgan fingerprint density at radius 1 is 1.43 bits per heavy atom. The number of rotatable bonds is 5. The van der Waals surface area contributed by atoms with Crippen molar-refractivity contribution in [1.29, 1.82) is 0 Å². The van der Waals surface area contributed by atoms with Gasteiger partial charge in [-0.15, -0.1) is 11.3 Å². The number of hydrogen-bond acceptors (Lipinski definition) is 5. The Labute approximate surface area is 126 Å². The summed E-state index contributed by atoms with van der Waals surface area (Å²) in [5.74, 6) is 1.39. The van der Waals surface area contributed by atoms with Gasteiger partial charge in [-0.3, -0.25) is 9.38 Å². The molecule has 0 radical (unpaired) electrons. The lowest BCUT2D eigenvalue weighted by atomic mass is 10.4. The van der Waals surface area contributed by atoms with Gasteiger partial charge in [0.1, 0.15) is 11.4 Å². The molecule has 0 aliphatic heterocycles. The van der Waals surface area contributed by atoms with E-state index in [-0.39, 0.29) is 0 Å². The third kappa shape index (κ3) is 2.64. The summed E-state index contributed by atoms with van der Waals surface area (Å²) in [6.07, 6.45) is 6.31. The van der Waals surface area contributed by atoms with E-state index in [9.17, 15) is 0 Å². The lowest BCUT2D eigenvalue weighted by Crippen LogP contribution is -2.16. The molecule has 0 saturated heterocycles. The Bertz CT molecular complexity index is 758. The van der Waals surface area contributed by atoms with E-state index in [1.807, 2.05) is 30.6 Å². The summed E-state index contributed by atoms with van der Waals surface area (Å²) in [6.45, 7) is 2.73. The molecule has 3 aromatic heterocycles. The monoisotopic (exact) mass is 300 g/mol. The second-order valence-electron chi connectivity index (χ2n) is 5.31. The molecule has 5 nitrogen and oxygen atoms in total. The van der Waals surface area contributed by atoms with Crippen LogP contribution in [0.4, 0.5) is 0 Å². The molecule has 21 heavy (non-hydrogen) atoms. The van der Waals surface area contributed by atoms with Crippen LogP contribution >= 0.6 is 11.3 Å². The molecule has 6 heteroatoms. The summed E-state index contributed by atoms with van der Waals surface area (Å²) in [4.78, 5) is 9.79. The molecule has 0 aromatic carbocycles. The number of imidazole rings is 1. The molecule has 1 N–H and O–H groups in total. The molecular formula is C15H16N4OS. The molecule has 3 aromatic rings. The van der Waals surface area contributed by atoms with Crippen LogP contribution in [-0.2, 0) is 6.54 Å². The van der Waals surface area contributed by atoms with Crippen molar-refractivity contribution in [1.82, 2.24) is 19.7 Å². The smallest absolute Gasteiger partial charge is 0.243 e. The van der Waals surface area contributed by atoms with E-state index < -0.39 is 0 Å². The molecule has 3 heterocycles. The minimum Gasteiger partial charge on any atom is -0.436 e. The number of fused-ring (bicyclic) bond motifs is 1. The molecule has 0 unspecified atom stereocenters. The number of ether oxygens (including phenoxy) is 1. The van der Waals surface area contributed by atoms with Crippen molar-refractivity contribution >= 4 is 16.3 Å². The lowest BCUT2D eigenvalue weighted by Gasteiger charge is -2.07. The van der Waals surface area contributed by atoms with Crippen molar-refractivity contribution in [2.24, 2.45) is 0 Å². The van der Waals surface area contributed by atoms with Crippen LogP contribution in [0.1, 0.15) is 24.2 Å². The highest BCUT2D eigenvalue weighted by atomic mass is 32.1. The van der Waals surface area contributed by atoms with E-state index in [0.717, 1.165) is 28.6 Å². The highest BCUT2D eigenvalue weighted by Crippen LogP contribution is 2.28. The average Bonchev–Trinajstić information content (AvgIpc) is 3.10. The van der Waals surface area contributed by atoms with E-state index in [1.165, 1.54) is 12.8 Å². The van der Waals surface area contributed by atoms with Gasteiger partial charge in [0.2, 0.25) is 5.88 Å². The molecular weight excluding hydrogens is 284 g/mol. The van der Waals surface area contributed by atoms with Gasteiger partial charge >= 0.3 is 0 Å². The first-order chi connectivity index (χ1) is 10.3. The van der Waals surface area contributed by atoms with Crippen LogP contribution in [0.15, 0.2) is 29.9 Å². The van der Waals surface area contributed by atoms with Crippen LogP contribution in [0.2, 0.25) is 0 Å². The van der Waals surface area contributed by atoms with Gasteiger partial charge in [-0.25, -0.2) is 0 Å². The van der Waals surface area contributed by atoms with Gasteiger partial charge in [-0.05, 0) is 31.9 Å². The fourth-order valence-corrected chi connectivity index (χ4v) is 2.93. The molecule has 1 fully saturated rings. The largest absolute Gasteiger partial charge is 0.436 e. The summed E-state index contributed by atoms with van der Waals surface area (Å²) in [5.41, 5.74) is 2.04. The Hall–Kier alpha value is -1.92. The molecule has 1 saturated carbocycles. The summed E-state index contributed by atoms with van der Waals surface area (Å²) in [7, 11) is 0. The minimum absolute atomic E-state index is 0.656. The van der Waals surface area contributed by atoms with E-state index in [2.05, 4.69) is 19.7 Å². The highest BCUT2D eigenvalue weighted by Gasteiger charge is 2.23. The number of aryl methyl sites for hydroxylation is 1. The third-order valence-electron chi connectivity index (χ3n) is 3.56. The van der Waals surface area contributed by atoms with Gasteiger partial charge in [0.05, 0.1) is 6.20 Å². The second kappa shape index (κ2) is 5.13. The fourth-order valence-electron chi connectivity index (χ4n) is 2.21. The normalized spacial score (nSPS) is 14.7. The van der Waals surface area contributed by atoms with Gasteiger partial charge in [-0.1, -0.05) is 0 Å². The van der Waals surface area contributed by atoms with Gasteiger partial charge in [0.15, 0.2) is 4.96 Å². The maximum Gasteiger partial charge on any atom is 0.243 e.